The molecule has 4 atom stereocenters. The summed E-state index contributed by atoms with van der Waals surface area (Å²) in [7, 11) is 1.88. The number of fused-ring (bicyclic) bond motifs is 3. The average molecular weight is 510 g/mol. The molecule has 3 aliphatic heterocycles. The van der Waals surface area contributed by atoms with Gasteiger partial charge in [0.05, 0.1) is 12.0 Å². The Morgan fingerprint density at radius 3 is 2.97 bits per heavy atom. The van der Waals surface area contributed by atoms with E-state index in [1.165, 1.54) is 0 Å². The zero-order valence-corrected chi connectivity index (χ0v) is 21.4. The van der Waals surface area contributed by atoms with Gasteiger partial charge in [-0.2, -0.15) is 0 Å². The van der Waals surface area contributed by atoms with Crippen molar-refractivity contribution in [2.24, 2.45) is 11.8 Å². The second-order valence-electron chi connectivity index (χ2n) is 11.3. The monoisotopic (exact) mass is 509 g/mol. The van der Waals surface area contributed by atoms with Crippen molar-refractivity contribution in [3.63, 3.8) is 0 Å². The summed E-state index contributed by atoms with van der Waals surface area (Å²) in [5, 5.41) is 6.05. The van der Waals surface area contributed by atoms with Crippen molar-refractivity contribution in [1.82, 2.24) is 14.8 Å². The smallest absolute Gasteiger partial charge is 0.238 e. The van der Waals surface area contributed by atoms with Crippen molar-refractivity contribution in [1.29, 1.82) is 0 Å². The average Bonchev–Trinajstić information content (AvgIpc) is 3.55. The lowest BCUT2D eigenvalue weighted by Crippen LogP contribution is -2.41. The minimum Gasteiger partial charge on any atom is -0.325 e. The summed E-state index contributed by atoms with van der Waals surface area (Å²) >= 11 is 0. The maximum absolute atomic E-state index is 13.2. The van der Waals surface area contributed by atoms with E-state index in [1.807, 2.05) is 48.4 Å². The molecule has 2 N–H and O–H groups in total. The molecule has 2 aromatic rings. The number of amides is 3. The molecule has 1 aromatic heterocycles. The van der Waals surface area contributed by atoms with Crippen molar-refractivity contribution >= 4 is 29.2 Å². The molecule has 194 valence electrons. The van der Waals surface area contributed by atoms with Crippen molar-refractivity contribution in [2.45, 2.75) is 43.6 Å². The number of hydrogen-bond acceptors (Lipinski definition) is 5. The molecule has 3 amide bonds. The molecule has 1 aromatic carbocycles. The minimum atomic E-state index is -0.620. The van der Waals surface area contributed by atoms with E-state index in [4.69, 9.17) is 0 Å². The molecule has 38 heavy (non-hydrogen) atoms. The van der Waals surface area contributed by atoms with Crippen LogP contribution in [0.5, 0.6) is 0 Å². The van der Waals surface area contributed by atoms with Gasteiger partial charge in [0.2, 0.25) is 17.7 Å². The molecule has 8 nitrogen and oxygen atoms in total. The highest BCUT2D eigenvalue weighted by Gasteiger charge is 2.51. The van der Waals surface area contributed by atoms with Crippen LogP contribution in [0.4, 0.5) is 11.5 Å². The number of anilines is 2. The highest BCUT2D eigenvalue weighted by Crippen LogP contribution is 2.47. The van der Waals surface area contributed by atoms with E-state index in [0.29, 0.717) is 37.5 Å². The molecule has 5 aliphatic rings. The molecule has 4 heterocycles. The number of nitrogens with zero attached hydrogens (tertiary/aromatic N) is 3. The number of carbonyl (C=O) groups is 3. The molecule has 8 heteroatoms. The fourth-order valence-corrected chi connectivity index (χ4v) is 7.41. The number of allylic oxidation sites excluding steroid dienone is 2. The Bertz CT molecular complexity index is 1430. The van der Waals surface area contributed by atoms with Crippen LogP contribution >= 0.6 is 0 Å². The van der Waals surface area contributed by atoms with Gasteiger partial charge in [-0.05, 0) is 67.0 Å². The standard InChI is InChI=1S/C30H31N5O3/c1-34-23-7-3-8-24-27(23)19(5-2-9-26(34)37)16-35(24)17-25(36)32-21-11-10-18-14-30(15-20(18)13-21)22-6-4-12-31-28(22)33-29(30)38/h3-4,6-8,10-13,19,24,27H,2,5,9,14-17H2,1H3,(H,32,36)(H,31,33,38). The predicted octanol–water partition coefficient (Wildman–Crippen LogP) is 3.02. The van der Waals surface area contributed by atoms with Crippen LogP contribution in [0.15, 0.2) is 60.5 Å². The van der Waals surface area contributed by atoms with Gasteiger partial charge in [-0.1, -0.05) is 24.3 Å². The summed E-state index contributed by atoms with van der Waals surface area (Å²) in [6.45, 7) is 1.15. The summed E-state index contributed by atoms with van der Waals surface area (Å²) in [4.78, 5) is 47.2. The second kappa shape index (κ2) is 8.63. The van der Waals surface area contributed by atoms with Gasteiger partial charge >= 0.3 is 0 Å². The Kier molecular flexibility index (Phi) is 5.30. The lowest BCUT2D eigenvalue weighted by atomic mass is 9.79. The molecule has 0 radical (unpaired) electrons. The summed E-state index contributed by atoms with van der Waals surface area (Å²) < 4.78 is 0. The van der Waals surface area contributed by atoms with Crippen LogP contribution in [-0.4, -0.2) is 58.7 Å². The van der Waals surface area contributed by atoms with Crippen LogP contribution in [0.3, 0.4) is 0 Å². The van der Waals surface area contributed by atoms with Crippen molar-refractivity contribution in [3.05, 3.63) is 77.1 Å². The number of likely N-dealkylation sites (tertiary alicyclic amines) is 2. The number of benzene rings is 1. The van der Waals surface area contributed by atoms with Gasteiger partial charge in [-0.25, -0.2) is 4.98 Å². The molecule has 4 unspecified atom stereocenters. The van der Waals surface area contributed by atoms with Gasteiger partial charge in [0, 0.05) is 55.1 Å². The Morgan fingerprint density at radius 2 is 2.08 bits per heavy atom. The fourth-order valence-electron chi connectivity index (χ4n) is 7.41. The molecule has 1 spiro atoms. The molecular weight excluding hydrogens is 478 g/mol. The van der Waals surface area contributed by atoms with Crippen molar-refractivity contribution in [2.75, 3.05) is 30.8 Å². The SMILES string of the molecule is CN1C(=O)CCCC2CN(CC(=O)Nc3ccc4c(c3)CC3(C4)C(=O)Nc4ncccc43)C3C=CC=C1C23. The van der Waals surface area contributed by atoms with E-state index < -0.39 is 5.41 Å². The Morgan fingerprint density at radius 1 is 1.21 bits per heavy atom. The third-order valence-corrected chi connectivity index (χ3v) is 9.22. The van der Waals surface area contributed by atoms with E-state index in [1.54, 1.807) is 6.20 Å². The van der Waals surface area contributed by atoms with Crippen LogP contribution in [-0.2, 0) is 32.6 Å². The second-order valence-corrected chi connectivity index (χ2v) is 11.3. The fraction of sp³-hybridized carbons (Fsp3) is 0.400. The normalized spacial score (nSPS) is 29.3. The Labute approximate surface area is 221 Å². The summed E-state index contributed by atoms with van der Waals surface area (Å²) in [5.41, 5.74) is 4.39. The zero-order chi connectivity index (χ0) is 26.0. The highest BCUT2D eigenvalue weighted by molar-refractivity contribution is 6.06. The van der Waals surface area contributed by atoms with Gasteiger partial charge in [0.1, 0.15) is 5.82 Å². The zero-order valence-electron chi connectivity index (χ0n) is 21.4. The molecule has 2 saturated heterocycles. The van der Waals surface area contributed by atoms with Gasteiger partial charge < -0.3 is 15.5 Å². The number of aromatic nitrogens is 1. The molecule has 2 fully saturated rings. The first kappa shape index (κ1) is 23.3. The Balaban J connectivity index is 1.06. The lowest BCUT2D eigenvalue weighted by Gasteiger charge is -2.36. The lowest BCUT2D eigenvalue weighted by molar-refractivity contribution is -0.129. The molecule has 2 aliphatic carbocycles. The Hall–Kier alpha value is -3.78. The molecule has 0 saturated carbocycles. The largest absolute Gasteiger partial charge is 0.325 e. The van der Waals surface area contributed by atoms with Crippen molar-refractivity contribution in [3.8, 4) is 0 Å². The predicted molar refractivity (Wildman–Crippen MR) is 143 cm³/mol. The maximum atomic E-state index is 13.2. The van der Waals surface area contributed by atoms with Gasteiger partial charge in [0.15, 0.2) is 0 Å². The van der Waals surface area contributed by atoms with E-state index in [-0.39, 0.29) is 29.7 Å². The number of pyridine rings is 1. The van der Waals surface area contributed by atoms with Crippen molar-refractivity contribution < 1.29 is 14.4 Å². The quantitative estimate of drug-likeness (QED) is 0.664. The molecular formula is C30H31N5O3. The van der Waals surface area contributed by atoms with E-state index in [9.17, 15) is 14.4 Å². The summed E-state index contributed by atoms with van der Waals surface area (Å²) in [6, 6.07) is 9.97. The maximum Gasteiger partial charge on any atom is 0.238 e. The summed E-state index contributed by atoms with van der Waals surface area (Å²) in [5.74, 6) is 1.46. The van der Waals surface area contributed by atoms with Crippen LogP contribution < -0.4 is 10.6 Å². The minimum absolute atomic E-state index is 0.00335. The van der Waals surface area contributed by atoms with Crippen LogP contribution in [0, 0.1) is 11.8 Å². The van der Waals surface area contributed by atoms with Gasteiger partial charge in [0.25, 0.3) is 0 Å². The van der Waals surface area contributed by atoms with Gasteiger partial charge in [-0.15, -0.1) is 0 Å². The number of carbonyl (C=O) groups excluding carboxylic acids is 3. The first-order valence-electron chi connectivity index (χ1n) is 13.5. The van der Waals surface area contributed by atoms with E-state index in [0.717, 1.165) is 47.5 Å². The number of hydrogen-bond donors (Lipinski definition) is 2. The first-order valence-corrected chi connectivity index (χ1v) is 13.5. The van der Waals surface area contributed by atoms with E-state index in [2.05, 4.69) is 32.7 Å². The number of rotatable bonds is 3. The van der Waals surface area contributed by atoms with Gasteiger partial charge in [-0.3, -0.25) is 19.3 Å². The molecule has 7 rings (SSSR count). The number of nitrogens with one attached hydrogen (secondary N) is 2. The van der Waals surface area contributed by atoms with E-state index >= 15 is 0 Å². The van der Waals surface area contributed by atoms with Crippen LogP contribution in [0.2, 0.25) is 0 Å². The highest BCUT2D eigenvalue weighted by atomic mass is 16.2. The third-order valence-electron chi connectivity index (χ3n) is 9.22. The topological polar surface area (TPSA) is 94.6 Å². The van der Waals surface area contributed by atoms with Crippen LogP contribution in [0.25, 0.3) is 0 Å². The first-order chi connectivity index (χ1) is 18.4. The third kappa shape index (κ3) is 3.54. The van der Waals surface area contributed by atoms with Crippen LogP contribution in [0.1, 0.15) is 36.0 Å². The summed E-state index contributed by atoms with van der Waals surface area (Å²) in [6.07, 6.45) is 11.7. The molecule has 0 bridgehead atoms.